The van der Waals surface area contributed by atoms with Crippen molar-refractivity contribution in [2.45, 2.75) is 4.90 Å². The number of sulfonamides is 1. The predicted octanol–water partition coefficient (Wildman–Crippen LogP) is 0.821. The van der Waals surface area contributed by atoms with Crippen LogP contribution in [0.2, 0.25) is 0 Å². The summed E-state index contributed by atoms with van der Waals surface area (Å²) in [5, 5.41) is 16.4. The van der Waals surface area contributed by atoms with Gasteiger partial charge in [0.1, 0.15) is 0 Å². The molecule has 0 aliphatic rings. The van der Waals surface area contributed by atoms with Gasteiger partial charge in [0.2, 0.25) is 10.0 Å². The Morgan fingerprint density at radius 1 is 1.44 bits per heavy atom. The SMILES string of the molecule is CPn1nnnc1-c1c(Br)cccc1S(N)(=O)=O. The van der Waals surface area contributed by atoms with Gasteiger partial charge in [-0.1, -0.05) is 6.07 Å². The summed E-state index contributed by atoms with van der Waals surface area (Å²) < 4.78 is 25.3. The normalized spacial score (nSPS) is 12.4. The fourth-order valence-corrected chi connectivity index (χ4v) is 3.38. The minimum atomic E-state index is -3.84. The van der Waals surface area contributed by atoms with Crippen molar-refractivity contribution in [1.29, 1.82) is 0 Å². The third-order valence-corrected chi connectivity index (χ3v) is 4.53. The van der Waals surface area contributed by atoms with E-state index in [-0.39, 0.29) is 13.6 Å². The van der Waals surface area contributed by atoms with E-state index in [1.165, 1.54) is 10.5 Å². The highest BCUT2D eigenvalue weighted by atomic mass is 79.9. The number of tetrazole rings is 1. The van der Waals surface area contributed by atoms with Gasteiger partial charge in [0.05, 0.1) is 10.5 Å². The molecule has 0 radical (unpaired) electrons. The highest BCUT2D eigenvalue weighted by molar-refractivity contribution is 9.10. The van der Waals surface area contributed by atoms with Crippen LogP contribution in [-0.4, -0.2) is 35.1 Å². The van der Waals surface area contributed by atoms with Gasteiger partial charge in [0, 0.05) is 13.2 Å². The van der Waals surface area contributed by atoms with Gasteiger partial charge in [-0.25, -0.2) is 18.0 Å². The zero-order valence-corrected chi connectivity index (χ0v) is 12.6. The fourth-order valence-electron chi connectivity index (χ4n) is 1.45. The van der Waals surface area contributed by atoms with Crippen LogP contribution in [-0.2, 0) is 10.0 Å². The molecule has 0 amide bonds. The Bertz CT molecular complexity index is 687. The van der Waals surface area contributed by atoms with Crippen LogP contribution in [0.1, 0.15) is 0 Å². The lowest BCUT2D eigenvalue weighted by atomic mass is 10.2. The molecule has 1 unspecified atom stereocenters. The van der Waals surface area contributed by atoms with E-state index in [1.807, 2.05) is 6.66 Å². The van der Waals surface area contributed by atoms with Gasteiger partial charge < -0.3 is 0 Å². The molecule has 1 aromatic heterocycles. The summed E-state index contributed by atoms with van der Waals surface area (Å²) in [7, 11) is -3.56. The lowest BCUT2D eigenvalue weighted by molar-refractivity contribution is 0.598. The van der Waals surface area contributed by atoms with Gasteiger partial charge in [0.15, 0.2) is 5.82 Å². The van der Waals surface area contributed by atoms with Crippen LogP contribution in [0.25, 0.3) is 11.4 Å². The first kappa shape index (κ1) is 13.5. The van der Waals surface area contributed by atoms with Crippen LogP contribution in [0.15, 0.2) is 27.6 Å². The molecule has 1 atom stereocenters. The smallest absolute Gasteiger partial charge is 0.225 e. The van der Waals surface area contributed by atoms with Crippen molar-refractivity contribution < 1.29 is 8.42 Å². The standard InChI is InChI=1S/C8H9BrN5O2PS/c1-17-14-8(11-12-13-14)7-5(9)3-2-4-6(7)18(10,15)16/h2-4,17H,1H3,(H2,10,15,16). The molecule has 1 aromatic carbocycles. The molecule has 2 N–H and O–H groups in total. The Morgan fingerprint density at radius 3 is 2.78 bits per heavy atom. The summed E-state index contributed by atoms with van der Waals surface area (Å²) in [6.45, 7) is 1.88. The van der Waals surface area contributed by atoms with Crippen LogP contribution in [0.5, 0.6) is 0 Å². The average Bonchev–Trinajstić information content (AvgIpc) is 2.75. The summed E-state index contributed by atoms with van der Waals surface area (Å²) in [5.41, 5.74) is 0.374. The molecule has 0 spiro atoms. The lowest BCUT2D eigenvalue weighted by Crippen LogP contribution is -2.14. The molecular formula is C8H9BrN5O2PS. The van der Waals surface area contributed by atoms with E-state index in [4.69, 9.17) is 5.14 Å². The van der Waals surface area contributed by atoms with Gasteiger partial charge in [-0.15, -0.1) is 5.10 Å². The Labute approximate surface area is 114 Å². The van der Waals surface area contributed by atoms with E-state index in [1.54, 1.807) is 12.1 Å². The summed E-state index contributed by atoms with van der Waals surface area (Å²) in [6, 6.07) is 4.73. The molecule has 0 aliphatic heterocycles. The average molecular weight is 350 g/mol. The van der Waals surface area contributed by atoms with E-state index >= 15 is 0 Å². The Hall–Kier alpha value is -0.890. The second kappa shape index (κ2) is 5.00. The molecule has 18 heavy (non-hydrogen) atoms. The number of nitrogens with two attached hydrogens (primary N) is 1. The number of nitrogens with zero attached hydrogens (tertiary/aromatic N) is 4. The maximum Gasteiger partial charge on any atom is 0.238 e. The van der Waals surface area contributed by atoms with E-state index in [9.17, 15) is 8.42 Å². The molecule has 96 valence electrons. The maximum absolute atomic E-state index is 11.6. The Morgan fingerprint density at radius 2 is 2.17 bits per heavy atom. The molecule has 0 fully saturated rings. The molecule has 0 saturated heterocycles. The van der Waals surface area contributed by atoms with Gasteiger partial charge >= 0.3 is 0 Å². The number of halogens is 1. The van der Waals surface area contributed by atoms with Crippen molar-refractivity contribution >= 4 is 34.7 Å². The third-order valence-electron chi connectivity index (χ3n) is 2.19. The summed E-state index contributed by atoms with van der Waals surface area (Å²) in [6.07, 6.45) is 0. The summed E-state index contributed by atoms with van der Waals surface area (Å²) >= 11 is 3.30. The van der Waals surface area contributed by atoms with Crippen LogP contribution < -0.4 is 5.14 Å². The largest absolute Gasteiger partial charge is 0.238 e. The number of hydrogen-bond donors (Lipinski definition) is 1. The van der Waals surface area contributed by atoms with Gasteiger partial charge in [0.25, 0.3) is 0 Å². The molecule has 0 saturated carbocycles. The van der Waals surface area contributed by atoms with Crippen LogP contribution in [0, 0.1) is 0 Å². The zero-order valence-electron chi connectivity index (χ0n) is 9.20. The van der Waals surface area contributed by atoms with Crippen molar-refractivity contribution in [3.8, 4) is 11.4 Å². The Kier molecular flexibility index (Phi) is 3.76. The zero-order chi connectivity index (χ0) is 13.3. The van der Waals surface area contributed by atoms with E-state index in [0.29, 0.717) is 15.9 Å². The van der Waals surface area contributed by atoms with Crippen molar-refractivity contribution in [2.75, 3.05) is 6.66 Å². The fraction of sp³-hybridized carbons (Fsp3) is 0.125. The predicted molar refractivity (Wildman–Crippen MR) is 72.0 cm³/mol. The van der Waals surface area contributed by atoms with Gasteiger partial charge in [-0.3, -0.25) is 0 Å². The van der Waals surface area contributed by atoms with Crippen molar-refractivity contribution in [3.63, 3.8) is 0 Å². The first-order chi connectivity index (χ1) is 8.45. The van der Waals surface area contributed by atoms with E-state index in [0.717, 1.165) is 0 Å². The van der Waals surface area contributed by atoms with Crippen molar-refractivity contribution in [3.05, 3.63) is 22.7 Å². The maximum atomic E-state index is 11.6. The molecule has 0 bridgehead atoms. The second-order valence-corrected chi connectivity index (χ2v) is 6.55. The van der Waals surface area contributed by atoms with Gasteiger partial charge in [-0.2, -0.15) is 0 Å². The number of aromatic nitrogens is 4. The number of hydrogen-bond acceptors (Lipinski definition) is 5. The van der Waals surface area contributed by atoms with Crippen molar-refractivity contribution in [2.24, 2.45) is 5.14 Å². The monoisotopic (exact) mass is 349 g/mol. The molecular weight excluding hydrogens is 341 g/mol. The Balaban J connectivity index is 2.79. The third kappa shape index (κ3) is 2.44. The first-order valence-corrected chi connectivity index (χ1v) is 8.51. The van der Waals surface area contributed by atoms with Crippen LogP contribution in [0.4, 0.5) is 0 Å². The second-order valence-electron chi connectivity index (χ2n) is 3.30. The van der Waals surface area contributed by atoms with Gasteiger partial charge in [-0.05, 0) is 45.2 Å². The molecule has 2 rings (SSSR count). The summed E-state index contributed by atoms with van der Waals surface area (Å²) in [5.74, 6) is 0.368. The van der Waals surface area contributed by atoms with Crippen LogP contribution >= 0.6 is 24.7 Å². The highest BCUT2D eigenvalue weighted by Crippen LogP contribution is 2.33. The minimum absolute atomic E-state index is 0.00817. The first-order valence-electron chi connectivity index (χ1n) is 4.73. The molecule has 1 heterocycles. The summed E-state index contributed by atoms with van der Waals surface area (Å²) in [4.78, 5) is -0.00817. The number of primary sulfonamides is 1. The van der Waals surface area contributed by atoms with E-state index in [2.05, 4.69) is 31.5 Å². The minimum Gasteiger partial charge on any atom is -0.225 e. The van der Waals surface area contributed by atoms with Crippen LogP contribution in [0.3, 0.4) is 0 Å². The quantitative estimate of drug-likeness (QED) is 0.826. The molecule has 2 aromatic rings. The lowest BCUT2D eigenvalue weighted by Gasteiger charge is -2.08. The molecule has 0 aliphatic carbocycles. The number of benzene rings is 1. The number of rotatable bonds is 3. The topological polar surface area (TPSA) is 104 Å². The molecule has 10 heteroatoms. The van der Waals surface area contributed by atoms with Crippen molar-refractivity contribution in [1.82, 2.24) is 20.0 Å². The highest BCUT2D eigenvalue weighted by Gasteiger charge is 2.21. The van der Waals surface area contributed by atoms with E-state index < -0.39 is 10.0 Å². The molecule has 7 nitrogen and oxygen atoms in total.